The molecule has 176 valence electrons. The summed E-state index contributed by atoms with van der Waals surface area (Å²) >= 11 is 3.17. The van der Waals surface area contributed by atoms with E-state index in [1.54, 1.807) is 25.6 Å². The third kappa shape index (κ3) is 5.89. The maximum Gasteiger partial charge on any atom is 0.230 e. The van der Waals surface area contributed by atoms with E-state index >= 15 is 0 Å². The van der Waals surface area contributed by atoms with Crippen LogP contribution in [0.15, 0.2) is 40.9 Å². The lowest BCUT2D eigenvalue weighted by Crippen LogP contribution is -2.27. The van der Waals surface area contributed by atoms with Crippen molar-refractivity contribution < 1.29 is 14.3 Å². The summed E-state index contributed by atoms with van der Waals surface area (Å²) < 4.78 is 13.1. The van der Waals surface area contributed by atoms with E-state index in [9.17, 15) is 4.79 Å². The zero-order valence-corrected chi connectivity index (χ0v) is 20.7. The van der Waals surface area contributed by atoms with Crippen molar-refractivity contribution in [3.05, 3.63) is 40.6 Å². The number of thioether (sulfide) groups is 1. The Morgan fingerprint density at radius 3 is 2.70 bits per heavy atom. The molecule has 0 saturated heterocycles. The number of thiophene rings is 1. The van der Waals surface area contributed by atoms with Crippen LogP contribution < -0.4 is 14.8 Å². The van der Waals surface area contributed by atoms with Gasteiger partial charge in [0.25, 0.3) is 0 Å². The van der Waals surface area contributed by atoms with Gasteiger partial charge >= 0.3 is 0 Å². The number of ether oxygens (including phenoxy) is 2. The summed E-state index contributed by atoms with van der Waals surface area (Å²) in [6.07, 6.45) is 6.70. The second kappa shape index (κ2) is 11.6. The van der Waals surface area contributed by atoms with Crippen LogP contribution in [0, 0.1) is 0 Å². The number of methoxy groups -OCH3 is 2. The highest BCUT2D eigenvalue weighted by Gasteiger charge is 2.25. The fraction of sp³-hybridized carbons (Fsp3) is 0.458. The highest BCUT2D eigenvalue weighted by atomic mass is 32.2. The van der Waals surface area contributed by atoms with E-state index in [0.29, 0.717) is 29.8 Å². The van der Waals surface area contributed by atoms with Crippen molar-refractivity contribution >= 4 is 29.0 Å². The Morgan fingerprint density at radius 1 is 1.15 bits per heavy atom. The van der Waals surface area contributed by atoms with E-state index in [1.807, 2.05) is 24.3 Å². The van der Waals surface area contributed by atoms with Crippen LogP contribution in [0.3, 0.4) is 0 Å². The van der Waals surface area contributed by atoms with Gasteiger partial charge in [0.05, 0.1) is 20.0 Å². The number of aromatic nitrogens is 3. The Balaban J connectivity index is 1.49. The molecule has 1 saturated carbocycles. The first-order valence-electron chi connectivity index (χ1n) is 11.3. The minimum absolute atomic E-state index is 0.0161. The van der Waals surface area contributed by atoms with Crippen molar-refractivity contribution in [3.8, 4) is 22.9 Å². The molecule has 2 heterocycles. The van der Waals surface area contributed by atoms with Crippen molar-refractivity contribution in [1.29, 1.82) is 0 Å². The second-order valence-electron chi connectivity index (χ2n) is 8.01. The lowest BCUT2D eigenvalue weighted by molar-refractivity contribution is -0.118. The predicted octanol–water partition coefficient (Wildman–Crippen LogP) is 4.98. The van der Waals surface area contributed by atoms with Gasteiger partial charge in [-0.2, -0.15) is 0 Å². The Hall–Kier alpha value is -2.52. The molecule has 0 bridgehead atoms. The molecule has 0 radical (unpaired) electrons. The molecule has 1 amide bonds. The van der Waals surface area contributed by atoms with Gasteiger partial charge < -0.3 is 14.8 Å². The average Bonchev–Trinajstić information content (AvgIpc) is 3.53. The molecule has 1 N–H and O–H groups in total. The van der Waals surface area contributed by atoms with Gasteiger partial charge in [0, 0.05) is 23.0 Å². The number of rotatable bonds is 10. The number of carbonyl (C=O) groups is 1. The molecule has 1 aromatic carbocycles. The third-order valence-corrected chi connectivity index (χ3v) is 7.73. The molecule has 1 aliphatic rings. The maximum absolute atomic E-state index is 12.4. The van der Waals surface area contributed by atoms with E-state index < -0.39 is 0 Å². The van der Waals surface area contributed by atoms with Crippen LogP contribution >= 0.6 is 23.1 Å². The lowest BCUT2D eigenvalue weighted by atomic mass is 9.95. The molecular formula is C24H30N4O3S2. The summed E-state index contributed by atoms with van der Waals surface area (Å²) in [6.45, 7) is 0.645. The van der Waals surface area contributed by atoms with Crippen molar-refractivity contribution in [2.75, 3.05) is 26.5 Å². The van der Waals surface area contributed by atoms with Gasteiger partial charge in [-0.25, -0.2) is 0 Å². The van der Waals surface area contributed by atoms with E-state index in [0.717, 1.165) is 35.8 Å². The van der Waals surface area contributed by atoms with Gasteiger partial charge in [0.15, 0.2) is 22.5 Å². The van der Waals surface area contributed by atoms with E-state index in [-0.39, 0.29) is 5.91 Å². The Kier molecular flexibility index (Phi) is 8.28. The number of benzene rings is 1. The van der Waals surface area contributed by atoms with E-state index in [4.69, 9.17) is 9.47 Å². The zero-order chi connectivity index (χ0) is 23.0. The average molecular weight is 487 g/mol. The SMILES string of the molecule is COc1ccc(-c2nnc(SCC(=O)NCCc3cccs3)n2C2CCCCC2)cc1OC. The topological polar surface area (TPSA) is 78.3 Å². The lowest BCUT2D eigenvalue weighted by Gasteiger charge is -2.25. The van der Waals surface area contributed by atoms with Crippen LogP contribution in [-0.4, -0.2) is 47.2 Å². The van der Waals surface area contributed by atoms with Gasteiger partial charge in [-0.15, -0.1) is 21.5 Å². The first-order valence-corrected chi connectivity index (χ1v) is 13.1. The van der Waals surface area contributed by atoms with Gasteiger partial charge in [-0.3, -0.25) is 9.36 Å². The Bertz CT molecular complexity index is 1050. The second-order valence-corrected chi connectivity index (χ2v) is 9.98. The van der Waals surface area contributed by atoms with Crippen molar-refractivity contribution in [1.82, 2.24) is 20.1 Å². The van der Waals surface area contributed by atoms with Crippen LogP contribution in [0.4, 0.5) is 0 Å². The number of carbonyl (C=O) groups excluding carboxylic acids is 1. The molecule has 1 fully saturated rings. The maximum atomic E-state index is 12.4. The summed E-state index contributed by atoms with van der Waals surface area (Å²) in [4.78, 5) is 13.7. The van der Waals surface area contributed by atoms with Crippen LogP contribution in [-0.2, 0) is 11.2 Å². The van der Waals surface area contributed by atoms with Crippen LogP contribution in [0.1, 0.15) is 43.0 Å². The largest absolute Gasteiger partial charge is 0.493 e. The fourth-order valence-corrected chi connectivity index (χ4v) is 5.72. The highest BCUT2D eigenvalue weighted by molar-refractivity contribution is 7.99. The van der Waals surface area contributed by atoms with E-state index in [1.165, 1.54) is 35.9 Å². The molecule has 0 aliphatic heterocycles. The number of hydrogen-bond acceptors (Lipinski definition) is 7. The minimum Gasteiger partial charge on any atom is -0.493 e. The molecule has 3 aromatic rings. The molecule has 0 spiro atoms. The molecule has 0 unspecified atom stereocenters. The van der Waals surface area contributed by atoms with Gasteiger partial charge in [-0.1, -0.05) is 37.1 Å². The smallest absolute Gasteiger partial charge is 0.230 e. The number of amides is 1. The highest BCUT2D eigenvalue weighted by Crippen LogP contribution is 2.38. The quantitative estimate of drug-likeness (QED) is 0.407. The van der Waals surface area contributed by atoms with Crippen molar-refractivity contribution in [3.63, 3.8) is 0 Å². The standard InChI is InChI=1S/C24H30N4O3S2/c1-30-20-11-10-17(15-21(20)31-2)23-26-27-24(28(23)18-7-4-3-5-8-18)33-16-22(29)25-13-12-19-9-6-14-32-19/h6,9-11,14-15,18H,3-5,7-8,12-13,16H2,1-2H3,(H,25,29). The van der Waals surface area contributed by atoms with Crippen molar-refractivity contribution in [2.24, 2.45) is 0 Å². The fourth-order valence-electron chi connectivity index (χ4n) is 4.18. The van der Waals surface area contributed by atoms with Crippen LogP contribution in [0.5, 0.6) is 11.5 Å². The van der Waals surface area contributed by atoms with E-state index in [2.05, 4.69) is 31.5 Å². The van der Waals surface area contributed by atoms with Gasteiger partial charge in [-0.05, 0) is 48.9 Å². The molecule has 0 atom stereocenters. The molecule has 33 heavy (non-hydrogen) atoms. The normalized spacial score (nSPS) is 14.2. The molecule has 7 nitrogen and oxygen atoms in total. The summed E-state index contributed by atoms with van der Waals surface area (Å²) in [5.41, 5.74) is 0.929. The van der Waals surface area contributed by atoms with Crippen LogP contribution in [0.25, 0.3) is 11.4 Å². The first-order chi connectivity index (χ1) is 16.2. The Labute approximate surface area is 202 Å². The molecule has 2 aromatic heterocycles. The van der Waals surface area contributed by atoms with Gasteiger partial charge in [0.2, 0.25) is 5.91 Å². The van der Waals surface area contributed by atoms with Crippen molar-refractivity contribution in [2.45, 2.75) is 49.7 Å². The molecular weight excluding hydrogens is 456 g/mol. The zero-order valence-electron chi connectivity index (χ0n) is 19.1. The predicted molar refractivity (Wildman–Crippen MR) is 132 cm³/mol. The monoisotopic (exact) mass is 486 g/mol. The number of nitrogens with zero attached hydrogens (tertiary/aromatic N) is 3. The summed E-state index contributed by atoms with van der Waals surface area (Å²) in [5.74, 6) is 2.48. The summed E-state index contributed by atoms with van der Waals surface area (Å²) in [7, 11) is 3.26. The van der Waals surface area contributed by atoms with Gasteiger partial charge in [0.1, 0.15) is 0 Å². The molecule has 4 rings (SSSR count). The minimum atomic E-state index is 0.0161. The summed E-state index contributed by atoms with van der Waals surface area (Å²) in [6, 6.07) is 10.3. The third-order valence-electron chi connectivity index (χ3n) is 5.85. The number of nitrogens with one attached hydrogen (secondary N) is 1. The Morgan fingerprint density at radius 2 is 1.97 bits per heavy atom. The van der Waals surface area contributed by atoms with Crippen LogP contribution in [0.2, 0.25) is 0 Å². The first kappa shape index (κ1) is 23.6. The molecule has 1 aliphatic carbocycles. The number of hydrogen-bond donors (Lipinski definition) is 1. The molecule has 9 heteroatoms. The summed E-state index contributed by atoms with van der Waals surface area (Å²) in [5, 5.41) is 14.9.